The summed E-state index contributed by atoms with van der Waals surface area (Å²) < 4.78 is 19.0. The highest BCUT2D eigenvalue weighted by Gasteiger charge is 2.18. The van der Waals surface area contributed by atoms with Crippen LogP contribution in [0.1, 0.15) is 54.6 Å². The number of phenolic OH excluding ortho intramolecular Hbond substituents is 1. The molecular formula is C21H25FO3. The number of aryl methyl sites for hydroxylation is 2. The van der Waals surface area contributed by atoms with Gasteiger partial charge in [-0.3, -0.25) is 4.79 Å². The van der Waals surface area contributed by atoms with Gasteiger partial charge in [-0.2, -0.15) is 4.39 Å². The number of halogens is 1. The van der Waals surface area contributed by atoms with Crippen molar-refractivity contribution in [1.29, 1.82) is 0 Å². The largest absolute Gasteiger partial charge is 0.504 e. The minimum absolute atomic E-state index is 0.0132. The molecule has 2 aromatic rings. The molecule has 0 saturated heterocycles. The Balaban J connectivity index is 1.93. The number of carbonyl (C=O) groups is 1. The third-order valence-electron chi connectivity index (χ3n) is 4.11. The second kappa shape index (κ2) is 9.21. The van der Waals surface area contributed by atoms with Gasteiger partial charge in [0.2, 0.25) is 5.82 Å². The molecule has 4 heteroatoms. The third kappa shape index (κ3) is 5.05. The highest BCUT2D eigenvalue weighted by atomic mass is 19.1. The zero-order valence-electron chi connectivity index (χ0n) is 14.8. The van der Waals surface area contributed by atoms with Crippen molar-refractivity contribution < 1.29 is 19.0 Å². The van der Waals surface area contributed by atoms with Crippen molar-refractivity contribution in [2.45, 2.75) is 46.0 Å². The fourth-order valence-electron chi connectivity index (χ4n) is 2.79. The van der Waals surface area contributed by atoms with E-state index < -0.39 is 11.6 Å². The Morgan fingerprint density at radius 1 is 1.04 bits per heavy atom. The Hall–Kier alpha value is -2.36. The van der Waals surface area contributed by atoms with E-state index >= 15 is 0 Å². The number of benzene rings is 2. The highest BCUT2D eigenvalue weighted by molar-refractivity contribution is 5.98. The first-order valence-corrected chi connectivity index (χ1v) is 8.82. The van der Waals surface area contributed by atoms with Gasteiger partial charge in [-0.25, -0.2) is 0 Å². The minimum atomic E-state index is -0.876. The molecule has 0 aliphatic heterocycles. The van der Waals surface area contributed by atoms with Gasteiger partial charge in [-0.1, -0.05) is 37.6 Å². The molecule has 134 valence electrons. The number of aromatic hydroxyl groups is 1. The lowest BCUT2D eigenvalue weighted by molar-refractivity contribution is 0.0976. The lowest BCUT2D eigenvalue weighted by Crippen LogP contribution is -2.03. The van der Waals surface area contributed by atoms with Gasteiger partial charge in [0.1, 0.15) is 0 Å². The quantitative estimate of drug-likeness (QED) is 0.645. The van der Waals surface area contributed by atoms with Gasteiger partial charge in [-0.05, 0) is 49.4 Å². The van der Waals surface area contributed by atoms with Crippen LogP contribution in [-0.2, 0) is 12.8 Å². The van der Waals surface area contributed by atoms with Crippen molar-refractivity contribution in [1.82, 2.24) is 0 Å². The average Bonchev–Trinajstić information content (AvgIpc) is 2.61. The number of Topliss-reactive ketones (excluding diaryl/α,β-unsaturated/α-hetero) is 1. The van der Waals surface area contributed by atoms with Crippen molar-refractivity contribution in [2.24, 2.45) is 0 Å². The molecule has 0 aromatic heterocycles. The summed E-state index contributed by atoms with van der Waals surface area (Å²) in [6.07, 6.45) is 3.88. The predicted molar refractivity (Wildman–Crippen MR) is 96.9 cm³/mol. The lowest BCUT2D eigenvalue weighted by atomic mass is 10.0. The van der Waals surface area contributed by atoms with Crippen LogP contribution in [0.5, 0.6) is 11.5 Å². The number of hydrogen-bond acceptors (Lipinski definition) is 3. The molecule has 0 spiro atoms. The fraction of sp³-hybridized carbons (Fsp3) is 0.381. The molecule has 0 heterocycles. The second-order valence-electron chi connectivity index (χ2n) is 6.05. The Morgan fingerprint density at radius 3 is 2.28 bits per heavy atom. The minimum Gasteiger partial charge on any atom is -0.504 e. The zero-order chi connectivity index (χ0) is 18.2. The van der Waals surface area contributed by atoms with Crippen LogP contribution in [0.3, 0.4) is 0 Å². The maximum Gasteiger partial charge on any atom is 0.207 e. The highest BCUT2D eigenvalue weighted by Crippen LogP contribution is 2.30. The summed E-state index contributed by atoms with van der Waals surface area (Å²) in [5, 5.41) is 9.90. The van der Waals surface area contributed by atoms with Crippen LogP contribution in [0.4, 0.5) is 4.39 Å². The number of carbonyl (C=O) groups excluding carboxylic acids is 1. The molecule has 0 fully saturated rings. The SMILES string of the molecule is CCCc1ccc(CCCC(=O)c2ccc(OCC)c(F)c2O)cc1. The van der Waals surface area contributed by atoms with Crippen LogP contribution in [-0.4, -0.2) is 17.5 Å². The van der Waals surface area contributed by atoms with Gasteiger partial charge in [0.05, 0.1) is 12.2 Å². The van der Waals surface area contributed by atoms with Crippen molar-refractivity contribution in [3.05, 3.63) is 58.9 Å². The van der Waals surface area contributed by atoms with Gasteiger partial charge in [-0.15, -0.1) is 0 Å². The van der Waals surface area contributed by atoms with E-state index in [0.29, 0.717) is 13.0 Å². The number of ketones is 1. The molecule has 1 N–H and O–H groups in total. The molecule has 25 heavy (non-hydrogen) atoms. The van der Waals surface area contributed by atoms with Crippen LogP contribution < -0.4 is 4.74 Å². The standard InChI is InChI=1S/C21H25FO3/c1-3-6-15-9-11-16(12-10-15)7-5-8-18(23)17-13-14-19(25-4-2)20(22)21(17)24/h9-14,24H,3-8H2,1-2H3. The van der Waals surface area contributed by atoms with Crippen LogP contribution in [0, 0.1) is 5.82 Å². The van der Waals surface area contributed by atoms with E-state index in [-0.39, 0.29) is 23.5 Å². The number of ether oxygens (including phenoxy) is 1. The van der Waals surface area contributed by atoms with Gasteiger partial charge in [0, 0.05) is 6.42 Å². The molecule has 3 nitrogen and oxygen atoms in total. The van der Waals surface area contributed by atoms with E-state index in [1.54, 1.807) is 6.92 Å². The summed E-state index contributed by atoms with van der Waals surface area (Å²) in [7, 11) is 0. The molecule has 2 rings (SSSR count). The van der Waals surface area contributed by atoms with E-state index in [2.05, 4.69) is 31.2 Å². The number of hydrogen-bond donors (Lipinski definition) is 1. The molecule has 0 atom stereocenters. The van der Waals surface area contributed by atoms with E-state index in [0.717, 1.165) is 19.3 Å². The van der Waals surface area contributed by atoms with Gasteiger partial charge >= 0.3 is 0 Å². The van der Waals surface area contributed by atoms with Gasteiger partial charge < -0.3 is 9.84 Å². The van der Waals surface area contributed by atoms with Gasteiger partial charge in [0.15, 0.2) is 17.3 Å². The van der Waals surface area contributed by atoms with Crippen molar-refractivity contribution >= 4 is 5.78 Å². The molecule has 0 bridgehead atoms. The first-order valence-electron chi connectivity index (χ1n) is 8.82. The van der Waals surface area contributed by atoms with Crippen LogP contribution >= 0.6 is 0 Å². The van der Waals surface area contributed by atoms with E-state index in [1.165, 1.54) is 23.3 Å². The maximum absolute atomic E-state index is 14.0. The van der Waals surface area contributed by atoms with Crippen molar-refractivity contribution in [2.75, 3.05) is 6.61 Å². The van der Waals surface area contributed by atoms with E-state index in [1.807, 2.05) is 0 Å². The van der Waals surface area contributed by atoms with Crippen molar-refractivity contribution in [3.8, 4) is 11.5 Å². The normalized spacial score (nSPS) is 10.7. The maximum atomic E-state index is 14.0. The lowest BCUT2D eigenvalue weighted by Gasteiger charge is -2.09. The summed E-state index contributed by atoms with van der Waals surface area (Å²) in [6.45, 7) is 4.17. The molecule has 0 amide bonds. The average molecular weight is 344 g/mol. The number of rotatable bonds is 9. The summed E-state index contributed by atoms with van der Waals surface area (Å²) in [6, 6.07) is 11.2. The van der Waals surface area contributed by atoms with E-state index in [9.17, 15) is 14.3 Å². The van der Waals surface area contributed by atoms with Crippen LogP contribution in [0.25, 0.3) is 0 Å². The Kier molecular flexibility index (Phi) is 6.99. The summed E-state index contributed by atoms with van der Waals surface area (Å²) in [4.78, 5) is 12.2. The molecule has 0 unspecified atom stereocenters. The summed E-state index contributed by atoms with van der Waals surface area (Å²) >= 11 is 0. The molecule has 0 aliphatic carbocycles. The Morgan fingerprint density at radius 2 is 1.68 bits per heavy atom. The Labute approximate surface area is 148 Å². The first kappa shape index (κ1) is 19.0. The molecular weight excluding hydrogens is 319 g/mol. The number of phenols is 1. The predicted octanol–water partition coefficient (Wildman–Crippen LogP) is 5.09. The first-order chi connectivity index (χ1) is 12.1. The van der Waals surface area contributed by atoms with Gasteiger partial charge in [0.25, 0.3) is 0 Å². The summed E-state index contributed by atoms with van der Waals surface area (Å²) in [5.74, 6) is -1.80. The Bertz CT molecular complexity index is 708. The van der Waals surface area contributed by atoms with E-state index in [4.69, 9.17) is 4.74 Å². The zero-order valence-corrected chi connectivity index (χ0v) is 14.8. The second-order valence-corrected chi connectivity index (χ2v) is 6.05. The van der Waals surface area contributed by atoms with Crippen LogP contribution in [0.15, 0.2) is 36.4 Å². The molecule has 0 aliphatic rings. The molecule has 0 saturated carbocycles. The van der Waals surface area contributed by atoms with Crippen LogP contribution in [0.2, 0.25) is 0 Å². The molecule has 2 aromatic carbocycles. The smallest absolute Gasteiger partial charge is 0.207 e. The fourth-order valence-corrected chi connectivity index (χ4v) is 2.79. The monoisotopic (exact) mass is 344 g/mol. The summed E-state index contributed by atoms with van der Waals surface area (Å²) in [5.41, 5.74) is 2.51. The third-order valence-corrected chi connectivity index (χ3v) is 4.11. The van der Waals surface area contributed by atoms with Crippen molar-refractivity contribution in [3.63, 3.8) is 0 Å². The topological polar surface area (TPSA) is 46.5 Å². The molecule has 0 radical (unpaired) electrons.